The van der Waals surface area contributed by atoms with Crippen LogP contribution in [0.5, 0.6) is 11.5 Å². The number of aromatic nitrogens is 1. The Bertz CT molecular complexity index is 839. The summed E-state index contributed by atoms with van der Waals surface area (Å²) in [6, 6.07) is 10.5. The fraction of sp³-hybridized carbons (Fsp3) is 0.350. The number of carbonyl (C=O) groups is 2. The van der Waals surface area contributed by atoms with Crippen LogP contribution in [-0.4, -0.2) is 40.0 Å². The number of carboxylic acids is 1. The first-order valence-electron chi connectivity index (χ1n) is 8.79. The molecule has 4 rings (SSSR count). The molecule has 2 fully saturated rings. The van der Waals surface area contributed by atoms with Crippen LogP contribution in [0.15, 0.2) is 48.8 Å². The molecular weight excluding hydrogens is 332 g/mol. The van der Waals surface area contributed by atoms with Crippen molar-refractivity contribution in [2.45, 2.75) is 19.3 Å². The van der Waals surface area contributed by atoms with E-state index in [9.17, 15) is 14.7 Å². The van der Waals surface area contributed by atoms with E-state index in [4.69, 9.17) is 4.74 Å². The van der Waals surface area contributed by atoms with Crippen molar-refractivity contribution in [3.05, 3.63) is 54.4 Å². The van der Waals surface area contributed by atoms with Crippen LogP contribution in [0, 0.1) is 11.3 Å². The lowest BCUT2D eigenvalue weighted by Crippen LogP contribution is -2.37. The van der Waals surface area contributed by atoms with Gasteiger partial charge in [0, 0.05) is 31.0 Å². The van der Waals surface area contributed by atoms with E-state index in [0.717, 1.165) is 12.8 Å². The summed E-state index contributed by atoms with van der Waals surface area (Å²) in [7, 11) is 0. The predicted octanol–water partition coefficient (Wildman–Crippen LogP) is 3.20. The molecule has 1 saturated carbocycles. The van der Waals surface area contributed by atoms with Crippen LogP contribution >= 0.6 is 0 Å². The fourth-order valence-electron chi connectivity index (χ4n) is 4.21. The molecule has 1 saturated heterocycles. The molecule has 0 bridgehead atoms. The zero-order valence-electron chi connectivity index (χ0n) is 14.3. The Morgan fingerprint density at radius 1 is 1.19 bits per heavy atom. The van der Waals surface area contributed by atoms with Crippen molar-refractivity contribution >= 4 is 11.9 Å². The van der Waals surface area contributed by atoms with Crippen LogP contribution in [0.1, 0.15) is 29.6 Å². The number of hydrogen-bond donors (Lipinski definition) is 1. The summed E-state index contributed by atoms with van der Waals surface area (Å²) in [6.07, 6.45) is 5.73. The van der Waals surface area contributed by atoms with Crippen LogP contribution in [0.4, 0.5) is 0 Å². The Labute approximate surface area is 151 Å². The minimum Gasteiger partial charge on any atom is -0.481 e. The van der Waals surface area contributed by atoms with Gasteiger partial charge in [0.15, 0.2) is 0 Å². The second kappa shape index (κ2) is 6.44. The zero-order chi connectivity index (χ0) is 18.1. The highest BCUT2D eigenvalue weighted by molar-refractivity contribution is 5.95. The highest BCUT2D eigenvalue weighted by Gasteiger charge is 2.55. The molecule has 2 atom stereocenters. The summed E-state index contributed by atoms with van der Waals surface area (Å²) in [5, 5.41) is 9.69. The van der Waals surface area contributed by atoms with Crippen molar-refractivity contribution in [2.75, 3.05) is 13.1 Å². The summed E-state index contributed by atoms with van der Waals surface area (Å²) >= 11 is 0. The molecule has 6 nitrogen and oxygen atoms in total. The molecule has 0 spiro atoms. The van der Waals surface area contributed by atoms with Gasteiger partial charge in [-0.05, 0) is 49.1 Å². The van der Waals surface area contributed by atoms with Crippen LogP contribution in [0.3, 0.4) is 0 Å². The molecule has 0 unspecified atom stereocenters. The van der Waals surface area contributed by atoms with Crippen LogP contribution in [0.2, 0.25) is 0 Å². The SMILES string of the molecule is O=C(c1cccc(Oc2ccncc2)c1)N1C[C@@H]2CCC[C@@]2(C(=O)O)C1. The average molecular weight is 352 g/mol. The molecule has 2 heterocycles. The molecule has 26 heavy (non-hydrogen) atoms. The molecule has 2 aliphatic rings. The number of carbonyl (C=O) groups excluding carboxylic acids is 1. The number of carboxylic acid groups (broad SMARTS) is 1. The zero-order valence-corrected chi connectivity index (χ0v) is 14.3. The molecule has 1 N–H and O–H groups in total. The Morgan fingerprint density at radius 3 is 2.73 bits per heavy atom. The molecule has 1 aliphatic carbocycles. The Hall–Kier alpha value is -2.89. The molecule has 0 radical (unpaired) electrons. The minimum absolute atomic E-state index is 0.0557. The van der Waals surface area contributed by atoms with E-state index in [-0.39, 0.29) is 11.8 Å². The topological polar surface area (TPSA) is 79.7 Å². The van der Waals surface area contributed by atoms with E-state index in [1.165, 1.54) is 0 Å². The number of amides is 1. The van der Waals surface area contributed by atoms with Gasteiger partial charge in [0.05, 0.1) is 5.41 Å². The maximum atomic E-state index is 12.9. The molecular formula is C20H20N2O4. The quantitative estimate of drug-likeness (QED) is 0.914. The van der Waals surface area contributed by atoms with E-state index >= 15 is 0 Å². The molecule has 1 amide bonds. The number of pyridine rings is 1. The molecule has 1 aromatic carbocycles. The van der Waals surface area contributed by atoms with Crippen molar-refractivity contribution in [1.29, 1.82) is 0 Å². The third-order valence-corrected chi connectivity index (χ3v) is 5.55. The van der Waals surface area contributed by atoms with Crippen molar-refractivity contribution < 1.29 is 19.4 Å². The van der Waals surface area contributed by atoms with Gasteiger partial charge in [-0.2, -0.15) is 0 Å². The lowest BCUT2D eigenvalue weighted by atomic mass is 9.81. The van der Waals surface area contributed by atoms with Gasteiger partial charge in [-0.15, -0.1) is 0 Å². The average Bonchev–Trinajstić information content (AvgIpc) is 3.21. The lowest BCUT2D eigenvalue weighted by Gasteiger charge is -2.23. The van der Waals surface area contributed by atoms with E-state index in [2.05, 4.69) is 4.98 Å². The maximum Gasteiger partial charge on any atom is 0.311 e. The van der Waals surface area contributed by atoms with Crippen molar-refractivity contribution in [3.63, 3.8) is 0 Å². The Morgan fingerprint density at radius 2 is 2.00 bits per heavy atom. The second-order valence-corrected chi connectivity index (χ2v) is 7.05. The van der Waals surface area contributed by atoms with Gasteiger partial charge in [-0.3, -0.25) is 14.6 Å². The number of nitrogens with zero attached hydrogens (tertiary/aromatic N) is 2. The lowest BCUT2D eigenvalue weighted by molar-refractivity contribution is -0.149. The van der Waals surface area contributed by atoms with Crippen LogP contribution < -0.4 is 4.74 Å². The molecule has 134 valence electrons. The summed E-state index contributed by atoms with van der Waals surface area (Å²) in [6.45, 7) is 0.807. The summed E-state index contributed by atoms with van der Waals surface area (Å²) in [4.78, 5) is 30.3. The third-order valence-electron chi connectivity index (χ3n) is 5.55. The van der Waals surface area contributed by atoms with Gasteiger partial charge in [0.2, 0.25) is 0 Å². The van der Waals surface area contributed by atoms with Gasteiger partial charge < -0.3 is 14.7 Å². The maximum absolute atomic E-state index is 12.9. The molecule has 1 aliphatic heterocycles. The number of hydrogen-bond acceptors (Lipinski definition) is 4. The van der Waals surface area contributed by atoms with Crippen LogP contribution in [-0.2, 0) is 4.79 Å². The third kappa shape index (κ3) is 2.81. The summed E-state index contributed by atoms with van der Waals surface area (Å²) in [5.41, 5.74) is -0.252. The van der Waals surface area contributed by atoms with Gasteiger partial charge in [-0.1, -0.05) is 12.5 Å². The normalized spacial score (nSPS) is 24.3. The monoisotopic (exact) mass is 352 g/mol. The first kappa shape index (κ1) is 16.6. The fourth-order valence-corrected chi connectivity index (χ4v) is 4.21. The van der Waals surface area contributed by atoms with Crippen molar-refractivity contribution in [2.24, 2.45) is 11.3 Å². The number of ether oxygens (including phenoxy) is 1. The minimum atomic E-state index is -0.773. The van der Waals surface area contributed by atoms with E-state index < -0.39 is 11.4 Å². The molecule has 1 aromatic heterocycles. The summed E-state index contributed by atoms with van der Waals surface area (Å²) < 4.78 is 5.76. The molecule has 2 aromatic rings. The first-order valence-corrected chi connectivity index (χ1v) is 8.79. The van der Waals surface area contributed by atoms with Gasteiger partial charge in [-0.25, -0.2) is 0 Å². The number of benzene rings is 1. The van der Waals surface area contributed by atoms with E-state index in [1.54, 1.807) is 53.7 Å². The second-order valence-electron chi connectivity index (χ2n) is 7.05. The highest BCUT2D eigenvalue weighted by Crippen LogP contribution is 2.49. The van der Waals surface area contributed by atoms with E-state index in [0.29, 0.717) is 36.6 Å². The highest BCUT2D eigenvalue weighted by atomic mass is 16.5. The predicted molar refractivity (Wildman–Crippen MR) is 94.1 cm³/mol. The Kier molecular flexibility index (Phi) is 4.11. The standard InChI is InChI=1S/C20H20N2O4/c23-18(22-12-15-4-2-8-20(15,13-22)19(24)25)14-3-1-5-17(11-14)26-16-6-9-21-10-7-16/h1,3,5-7,9-11,15H,2,4,8,12-13H2,(H,24,25)/t15-,20+/m0/s1. The number of fused-ring (bicyclic) bond motifs is 1. The van der Waals surface area contributed by atoms with Crippen molar-refractivity contribution in [1.82, 2.24) is 9.88 Å². The Balaban J connectivity index is 1.52. The van der Waals surface area contributed by atoms with E-state index in [1.807, 2.05) is 0 Å². The number of rotatable bonds is 4. The van der Waals surface area contributed by atoms with Crippen molar-refractivity contribution in [3.8, 4) is 11.5 Å². The summed E-state index contributed by atoms with van der Waals surface area (Å²) in [5.74, 6) is 0.352. The number of likely N-dealkylation sites (tertiary alicyclic amines) is 1. The van der Waals surface area contributed by atoms with Gasteiger partial charge in [0.25, 0.3) is 5.91 Å². The largest absolute Gasteiger partial charge is 0.481 e. The smallest absolute Gasteiger partial charge is 0.311 e. The molecule has 6 heteroatoms. The number of aliphatic carboxylic acids is 1. The van der Waals surface area contributed by atoms with Gasteiger partial charge >= 0.3 is 5.97 Å². The van der Waals surface area contributed by atoms with Gasteiger partial charge in [0.1, 0.15) is 11.5 Å². The van der Waals surface area contributed by atoms with Crippen LogP contribution in [0.25, 0.3) is 0 Å². The first-order chi connectivity index (χ1) is 12.6.